The second-order valence-corrected chi connectivity index (χ2v) is 5.07. The van der Waals surface area contributed by atoms with Crippen LogP contribution in [0.4, 0.5) is 0 Å². The molecule has 2 aromatic heterocycles. The number of nitrogens with zero attached hydrogens (tertiary/aromatic N) is 2. The maximum absolute atomic E-state index is 10.6. The Morgan fingerprint density at radius 3 is 2.79 bits per heavy atom. The number of halogens is 1. The highest BCUT2D eigenvalue weighted by Gasteiger charge is 2.17. The third-order valence-corrected chi connectivity index (χ3v) is 3.73. The molecule has 0 aliphatic rings. The third kappa shape index (κ3) is 2.25. The van der Waals surface area contributed by atoms with Crippen molar-refractivity contribution in [1.29, 1.82) is 0 Å². The summed E-state index contributed by atoms with van der Waals surface area (Å²) < 4.78 is 0.800. The maximum Gasteiger partial charge on any atom is 0.123 e. The topological polar surface area (TPSA) is 46.0 Å². The summed E-state index contributed by atoms with van der Waals surface area (Å²) in [5.74, 6) is 0. The molecule has 2 heterocycles. The first kappa shape index (κ1) is 12.3. The van der Waals surface area contributed by atoms with Crippen LogP contribution in [0.2, 0.25) is 0 Å². The van der Waals surface area contributed by atoms with Crippen LogP contribution in [0.3, 0.4) is 0 Å². The fourth-order valence-corrected chi connectivity index (χ4v) is 2.60. The molecule has 3 rings (SSSR count). The average Bonchev–Trinajstić information content (AvgIpc) is 2.46. The second-order valence-electron chi connectivity index (χ2n) is 4.22. The van der Waals surface area contributed by atoms with Gasteiger partial charge in [-0.05, 0) is 45.1 Å². The Morgan fingerprint density at radius 1 is 1.05 bits per heavy atom. The number of fused-ring (bicyclic) bond motifs is 1. The second kappa shape index (κ2) is 5.07. The number of pyridine rings is 2. The lowest BCUT2D eigenvalue weighted by atomic mass is 10.00. The lowest BCUT2D eigenvalue weighted by Gasteiger charge is -2.14. The minimum Gasteiger partial charge on any atom is -0.382 e. The molecule has 0 radical (unpaired) electrons. The van der Waals surface area contributed by atoms with Crippen LogP contribution in [0.25, 0.3) is 10.8 Å². The largest absolute Gasteiger partial charge is 0.382 e. The molecule has 1 aromatic carbocycles. The minimum atomic E-state index is -0.762. The van der Waals surface area contributed by atoms with E-state index in [4.69, 9.17) is 0 Å². The average molecular weight is 315 g/mol. The summed E-state index contributed by atoms with van der Waals surface area (Å²) in [7, 11) is 0. The van der Waals surface area contributed by atoms with Crippen molar-refractivity contribution < 1.29 is 5.11 Å². The Hall–Kier alpha value is -1.78. The summed E-state index contributed by atoms with van der Waals surface area (Å²) in [6.07, 6.45) is 4.43. The number of hydrogen-bond donors (Lipinski definition) is 1. The van der Waals surface area contributed by atoms with Gasteiger partial charge in [0.25, 0.3) is 0 Å². The molecular weight excluding hydrogens is 304 g/mol. The van der Waals surface area contributed by atoms with Gasteiger partial charge in [-0.25, -0.2) is 0 Å². The number of hydrogen-bond acceptors (Lipinski definition) is 3. The Morgan fingerprint density at radius 2 is 1.95 bits per heavy atom. The molecule has 0 bridgehead atoms. The Balaban J connectivity index is 2.17. The van der Waals surface area contributed by atoms with Gasteiger partial charge in [-0.1, -0.05) is 18.2 Å². The molecule has 0 aliphatic carbocycles. The summed E-state index contributed by atoms with van der Waals surface area (Å²) in [4.78, 5) is 8.35. The van der Waals surface area contributed by atoms with Crippen molar-refractivity contribution in [3.63, 3.8) is 0 Å². The standard InChI is InChI=1S/C15H11BrN2O/c16-13-5-2-7-18-14(13)15(19)12-4-1-3-10-9-17-8-6-11(10)12/h1-9,15,19H. The fraction of sp³-hybridized carbons (Fsp3) is 0.0667. The van der Waals surface area contributed by atoms with Gasteiger partial charge in [0, 0.05) is 28.4 Å². The summed E-state index contributed by atoms with van der Waals surface area (Å²) in [5, 5.41) is 12.6. The first-order valence-corrected chi connectivity index (χ1v) is 6.68. The zero-order chi connectivity index (χ0) is 13.2. The van der Waals surface area contributed by atoms with Crippen molar-refractivity contribution in [3.05, 3.63) is 70.7 Å². The molecule has 1 atom stereocenters. The van der Waals surface area contributed by atoms with Gasteiger partial charge in [0.1, 0.15) is 6.10 Å². The lowest BCUT2D eigenvalue weighted by molar-refractivity contribution is 0.216. The van der Waals surface area contributed by atoms with Gasteiger partial charge in [-0.2, -0.15) is 0 Å². The normalized spacial score (nSPS) is 12.5. The van der Waals surface area contributed by atoms with Gasteiger partial charge in [-0.3, -0.25) is 9.97 Å². The van der Waals surface area contributed by atoms with Crippen molar-refractivity contribution >= 4 is 26.7 Å². The molecule has 0 saturated carbocycles. The SMILES string of the molecule is OC(c1ncccc1Br)c1cccc2cnccc12. The number of rotatable bonds is 2. The number of aliphatic hydroxyl groups is 1. The van der Waals surface area contributed by atoms with E-state index in [1.54, 1.807) is 18.6 Å². The van der Waals surface area contributed by atoms with Gasteiger partial charge >= 0.3 is 0 Å². The molecule has 94 valence electrons. The molecule has 1 N–H and O–H groups in total. The first-order chi connectivity index (χ1) is 9.27. The quantitative estimate of drug-likeness (QED) is 0.787. The number of benzene rings is 1. The molecule has 0 aliphatic heterocycles. The summed E-state index contributed by atoms with van der Waals surface area (Å²) in [5.41, 5.74) is 1.45. The van der Waals surface area contributed by atoms with Crippen LogP contribution in [0, 0.1) is 0 Å². The highest BCUT2D eigenvalue weighted by Crippen LogP contribution is 2.30. The van der Waals surface area contributed by atoms with Gasteiger partial charge in [0.05, 0.1) is 5.69 Å². The summed E-state index contributed by atoms with van der Waals surface area (Å²) in [6.45, 7) is 0. The number of aromatic nitrogens is 2. The van der Waals surface area contributed by atoms with Crippen molar-refractivity contribution in [1.82, 2.24) is 9.97 Å². The van der Waals surface area contributed by atoms with E-state index in [1.807, 2.05) is 36.4 Å². The minimum absolute atomic E-state index is 0.617. The van der Waals surface area contributed by atoms with E-state index in [1.165, 1.54) is 0 Å². The van der Waals surface area contributed by atoms with E-state index in [0.717, 1.165) is 20.8 Å². The Kier molecular flexibility index (Phi) is 3.27. The molecule has 0 saturated heterocycles. The molecule has 19 heavy (non-hydrogen) atoms. The highest BCUT2D eigenvalue weighted by molar-refractivity contribution is 9.10. The van der Waals surface area contributed by atoms with Crippen molar-refractivity contribution in [2.24, 2.45) is 0 Å². The predicted molar refractivity (Wildman–Crippen MR) is 77.7 cm³/mol. The molecular formula is C15H11BrN2O. The van der Waals surface area contributed by atoms with Crippen LogP contribution < -0.4 is 0 Å². The first-order valence-electron chi connectivity index (χ1n) is 5.88. The van der Waals surface area contributed by atoms with Crippen LogP contribution >= 0.6 is 15.9 Å². The van der Waals surface area contributed by atoms with Gasteiger partial charge < -0.3 is 5.11 Å². The van der Waals surface area contributed by atoms with E-state index in [-0.39, 0.29) is 0 Å². The zero-order valence-corrected chi connectivity index (χ0v) is 11.6. The van der Waals surface area contributed by atoms with E-state index >= 15 is 0 Å². The molecule has 4 heteroatoms. The Labute approximate surface area is 119 Å². The van der Waals surface area contributed by atoms with Crippen LogP contribution in [0.1, 0.15) is 17.4 Å². The van der Waals surface area contributed by atoms with Crippen LogP contribution in [-0.4, -0.2) is 15.1 Å². The van der Waals surface area contributed by atoms with Crippen molar-refractivity contribution in [2.45, 2.75) is 6.10 Å². The van der Waals surface area contributed by atoms with E-state index in [9.17, 15) is 5.11 Å². The molecule has 1 unspecified atom stereocenters. The van der Waals surface area contributed by atoms with E-state index in [0.29, 0.717) is 5.69 Å². The molecule has 0 spiro atoms. The summed E-state index contributed by atoms with van der Waals surface area (Å²) in [6, 6.07) is 11.4. The molecule has 3 aromatic rings. The van der Waals surface area contributed by atoms with Gasteiger partial charge in [0.15, 0.2) is 0 Å². The van der Waals surface area contributed by atoms with E-state index in [2.05, 4.69) is 25.9 Å². The van der Waals surface area contributed by atoms with Crippen LogP contribution in [-0.2, 0) is 0 Å². The lowest BCUT2D eigenvalue weighted by Crippen LogP contribution is -2.04. The summed E-state index contributed by atoms with van der Waals surface area (Å²) >= 11 is 3.42. The highest BCUT2D eigenvalue weighted by atomic mass is 79.9. The van der Waals surface area contributed by atoms with Gasteiger partial charge in [-0.15, -0.1) is 0 Å². The van der Waals surface area contributed by atoms with Crippen molar-refractivity contribution in [2.75, 3.05) is 0 Å². The molecule has 0 fully saturated rings. The molecule has 0 amide bonds. The molecule has 3 nitrogen and oxygen atoms in total. The van der Waals surface area contributed by atoms with Crippen molar-refractivity contribution in [3.8, 4) is 0 Å². The smallest absolute Gasteiger partial charge is 0.123 e. The zero-order valence-electron chi connectivity index (χ0n) is 9.99. The van der Waals surface area contributed by atoms with Crippen LogP contribution in [0.5, 0.6) is 0 Å². The van der Waals surface area contributed by atoms with Gasteiger partial charge in [0.2, 0.25) is 0 Å². The van der Waals surface area contributed by atoms with Crippen LogP contribution in [0.15, 0.2) is 59.5 Å². The fourth-order valence-electron chi connectivity index (χ4n) is 2.13. The third-order valence-electron chi connectivity index (χ3n) is 3.05. The number of aliphatic hydroxyl groups excluding tert-OH is 1. The maximum atomic E-state index is 10.6. The Bertz CT molecular complexity index is 725. The van der Waals surface area contributed by atoms with E-state index < -0.39 is 6.10 Å². The predicted octanol–water partition coefficient (Wildman–Crippen LogP) is 3.47. The monoisotopic (exact) mass is 314 g/mol.